The highest BCUT2D eigenvalue weighted by Crippen LogP contribution is 2.50. The zero-order valence-electron chi connectivity index (χ0n) is 30.4. The zero-order chi connectivity index (χ0) is 37.9. The van der Waals surface area contributed by atoms with Gasteiger partial charge in [-0.3, -0.25) is 19.4 Å². The van der Waals surface area contributed by atoms with E-state index < -0.39 is 11.9 Å². The van der Waals surface area contributed by atoms with Crippen molar-refractivity contribution in [2.45, 2.75) is 88.9 Å². The molecule has 284 valence electrons. The third-order valence-electron chi connectivity index (χ3n) is 10.3. The highest BCUT2D eigenvalue weighted by Gasteiger charge is 2.42. The molecule has 5 heterocycles. The number of methoxy groups -OCH3 is 2. The summed E-state index contributed by atoms with van der Waals surface area (Å²) in [6, 6.07) is 9.34. The molecule has 0 bridgehead atoms. The molecule has 0 spiro atoms. The van der Waals surface area contributed by atoms with Gasteiger partial charge in [0.05, 0.1) is 43.5 Å². The summed E-state index contributed by atoms with van der Waals surface area (Å²) in [5, 5.41) is 3.57. The number of rotatable bonds is 7. The average Bonchev–Trinajstić information content (AvgIpc) is 3.99. The van der Waals surface area contributed by atoms with E-state index in [1.54, 1.807) is 32.6 Å². The van der Waals surface area contributed by atoms with Gasteiger partial charge in [-0.2, -0.15) is 0 Å². The van der Waals surface area contributed by atoms with Crippen molar-refractivity contribution in [3.63, 3.8) is 0 Å². The molecule has 4 aromatic rings. The molecule has 3 unspecified atom stereocenters. The van der Waals surface area contributed by atoms with Crippen LogP contribution in [0.1, 0.15) is 96.4 Å². The number of carbonyl (C=O) groups excluding carboxylic acids is 2. The van der Waals surface area contributed by atoms with Crippen molar-refractivity contribution in [3.8, 4) is 23.0 Å². The van der Waals surface area contributed by atoms with Crippen LogP contribution in [0.5, 0.6) is 23.0 Å². The van der Waals surface area contributed by atoms with Gasteiger partial charge < -0.3 is 38.4 Å². The van der Waals surface area contributed by atoms with Crippen molar-refractivity contribution in [2.75, 3.05) is 20.8 Å². The molecule has 1 saturated heterocycles. The normalized spacial score (nSPS) is 20.5. The summed E-state index contributed by atoms with van der Waals surface area (Å²) in [7, 11) is 3.21. The Labute approximate surface area is 316 Å². The lowest BCUT2D eigenvalue weighted by atomic mass is 9.95. The number of carbonyl (C=O) groups is 2. The molecular weight excluding hydrogens is 715 g/mol. The Morgan fingerprint density at radius 2 is 1.74 bits per heavy atom. The average molecular weight is 758 g/mol. The molecule has 3 N–H and O–H groups in total. The number of benzene rings is 2. The topological polar surface area (TPSA) is 171 Å². The summed E-state index contributed by atoms with van der Waals surface area (Å²) in [4.78, 5) is 51.9. The minimum atomic E-state index is -0.586. The number of aromatic amines is 2. The molecule has 3 atom stereocenters. The number of amides is 1. The minimum absolute atomic E-state index is 0.128. The maximum Gasteiger partial charge on any atom is 0.347 e. The predicted octanol–water partition coefficient (Wildman–Crippen LogP) is 6.28. The van der Waals surface area contributed by atoms with Gasteiger partial charge in [-0.05, 0) is 80.1 Å². The fourth-order valence-electron chi connectivity index (χ4n) is 7.71. The second-order valence-corrected chi connectivity index (χ2v) is 14.2. The van der Waals surface area contributed by atoms with E-state index >= 15 is 0 Å². The number of ketones is 1. The fraction of sp³-hybridized carbons (Fsp3) is 0.425. The fourth-order valence-corrected chi connectivity index (χ4v) is 7.94. The molecule has 2 fully saturated rings. The molecule has 2 aromatic carbocycles. The number of hydrogen-bond acceptors (Lipinski definition) is 11. The van der Waals surface area contributed by atoms with Crippen LogP contribution in [0.25, 0.3) is 11.0 Å². The first-order valence-electron chi connectivity index (χ1n) is 18.3. The van der Waals surface area contributed by atoms with Crippen molar-refractivity contribution in [1.82, 2.24) is 15.3 Å². The van der Waals surface area contributed by atoms with Crippen LogP contribution in [0.4, 0.5) is 0 Å². The molecule has 1 saturated carbocycles. The second-order valence-electron chi connectivity index (χ2n) is 13.8. The number of aromatic nitrogens is 2. The molecule has 3 aliphatic heterocycles. The maximum absolute atomic E-state index is 12.3. The first-order valence-corrected chi connectivity index (χ1v) is 18.7. The van der Waals surface area contributed by atoms with Crippen LogP contribution < -0.4 is 35.4 Å². The summed E-state index contributed by atoms with van der Waals surface area (Å²) in [6.07, 6.45) is 11.3. The van der Waals surface area contributed by atoms with Crippen molar-refractivity contribution < 1.29 is 37.7 Å². The van der Waals surface area contributed by atoms with E-state index in [0.29, 0.717) is 64.7 Å². The molecule has 54 heavy (non-hydrogen) atoms. The van der Waals surface area contributed by atoms with Crippen LogP contribution in [-0.4, -0.2) is 54.8 Å². The van der Waals surface area contributed by atoms with E-state index in [-0.39, 0.29) is 34.6 Å². The van der Waals surface area contributed by atoms with Gasteiger partial charge in [0.1, 0.15) is 22.6 Å². The summed E-state index contributed by atoms with van der Waals surface area (Å²) < 4.78 is 34.1. The van der Waals surface area contributed by atoms with E-state index in [1.165, 1.54) is 12.8 Å². The second kappa shape index (κ2) is 15.9. The van der Waals surface area contributed by atoms with E-state index in [2.05, 4.69) is 22.2 Å². The Bertz CT molecular complexity index is 2260. The quantitative estimate of drug-likeness (QED) is 0.143. The minimum Gasteiger partial charge on any atom is -0.496 e. The maximum atomic E-state index is 12.3. The molecule has 0 radical (unpaired) electrons. The van der Waals surface area contributed by atoms with Crippen LogP contribution in [0.2, 0.25) is 0 Å². The summed E-state index contributed by atoms with van der Waals surface area (Å²) >= 11 is 4.79. The van der Waals surface area contributed by atoms with Gasteiger partial charge in [-0.1, -0.05) is 19.4 Å². The summed E-state index contributed by atoms with van der Waals surface area (Å²) in [5.74, 6) is 2.80. The van der Waals surface area contributed by atoms with Crippen LogP contribution in [0, 0.1) is 4.77 Å². The number of H-pyrrole nitrogens is 2. The molecule has 5 aliphatic rings. The Kier molecular flexibility index (Phi) is 10.9. The van der Waals surface area contributed by atoms with Crippen LogP contribution in [0.15, 0.2) is 56.7 Å². The van der Waals surface area contributed by atoms with E-state index in [0.717, 1.165) is 54.0 Å². The molecule has 9 rings (SSSR count). The SMILES string of the molecule is CCCc1cc(=O)[nH]c(=S)[nH]1.COc1cc2c(c3oc(=O)c4c(c13)CCC4=O)C1C=COC1O2.COc1ccc(C2CNC(=O)C2)cc1OC1CCCC1. The first kappa shape index (κ1) is 37.0. The summed E-state index contributed by atoms with van der Waals surface area (Å²) in [6.45, 7) is 2.77. The highest BCUT2D eigenvalue weighted by molar-refractivity contribution is 7.71. The largest absolute Gasteiger partial charge is 0.496 e. The monoisotopic (exact) mass is 757 g/mol. The number of aryl methyl sites for hydroxylation is 2. The molecule has 2 aromatic heterocycles. The number of Topliss-reactive ketones (excluding diaryl/α,β-unsaturated/α-hetero) is 1. The van der Waals surface area contributed by atoms with Crippen LogP contribution in [0.3, 0.4) is 0 Å². The lowest BCUT2D eigenvalue weighted by Gasteiger charge is -2.18. The van der Waals surface area contributed by atoms with Crippen LogP contribution in [-0.2, 0) is 22.4 Å². The Morgan fingerprint density at radius 1 is 0.944 bits per heavy atom. The smallest absolute Gasteiger partial charge is 0.347 e. The Morgan fingerprint density at radius 3 is 2.44 bits per heavy atom. The van der Waals surface area contributed by atoms with Crippen molar-refractivity contribution in [3.05, 3.63) is 96.2 Å². The standard InChI is InChI=1S/C17H12O6.C16H21NO3.C7H10N2OS/c1-20-10-6-11-14(8-4-5-21-17(8)22-11)15-13(10)7-2-3-9(18)12(7)16(19)23-15;1-19-14-7-6-11(12-9-16(18)17-10-12)8-15(14)20-13-4-2-3-5-13;1-2-3-5-4-6(10)9-7(11)8-5/h4-6,8,17H,2-3H2,1H3;6-8,12-13H,2-5,9-10H2,1H3,(H,17,18);4H,2-3H2,1H3,(H2,8,9,10,11). The van der Waals surface area contributed by atoms with Gasteiger partial charge in [0, 0.05) is 43.1 Å². The number of fused-ring (bicyclic) bond motifs is 7. The van der Waals surface area contributed by atoms with Crippen molar-refractivity contribution in [1.29, 1.82) is 0 Å². The number of ether oxygens (including phenoxy) is 5. The van der Waals surface area contributed by atoms with Gasteiger partial charge in [0.15, 0.2) is 22.1 Å². The summed E-state index contributed by atoms with van der Waals surface area (Å²) in [5.41, 5.74) is 3.42. The Hall–Kier alpha value is -5.37. The lowest BCUT2D eigenvalue weighted by Crippen LogP contribution is -2.14. The molecular formula is C40H43N3O10S. The molecule has 13 nitrogen and oxygen atoms in total. The molecule has 14 heteroatoms. The lowest BCUT2D eigenvalue weighted by molar-refractivity contribution is -0.119. The van der Waals surface area contributed by atoms with Crippen LogP contribution >= 0.6 is 12.2 Å². The third-order valence-corrected chi connectivity index (χ3v) is 10.5. The highest BCUT2D eigenvalue weighted by atomic mass is 32.1. The van der Waals surface area contributed by atoms with E-state index in [4.69, 9.17) is 40.3 Å². The number of hydrogen-bond donors (Lipinski definition) is 3. The van der Waals surface area contributed by atoms with E-state index in [9.17, 15) is 19.2 Å². The van der Waals surface area contributed by atoms with Gasteiger partial charge in [-0.15, -0.1) is 0 Å². The van der Waals surface area contributed by atoms with Gasteiger partial charge in [0.25, 0.3) is 11.8 Å². The predicted molar refractivity (Wildman–Crippen MR) is 202 cm³/mol. The van der Waals surface area contributed by atoms with Gasteiger partial charge in [-0.25, -0.2) is 4.79 Å². The van der Waals surface area contributed by atoms with Crippen molar-refractivity contribution >= 4 is 34.9 Å². The van der Waals surface area contributed by atoms with E-state index in [1.807, 2.05) is 24.3 Å². The Balaban J connectivity index is 0.000000133. The molecule has 2 aliphatic carbocycles. The zero-order valence-corrected chi connectivity index (χ0v) is 31.2. The van der Waals surface area contributed by atoms with Crippen molar-refractivity contribution in [2.24, 2.45) is 0 Å². The number of nitrogens with one attached hydrogen (secondary N) is 3. The first-order chi connectivity index (χ1) is 26.2. The van der Waals surface area contributed by atoms with Gasteiger partial charge in [0.2, 0.25) is 5.91 Å². The third kappa shape index (κ3) is 7.52. The van der Waals surface area contributed by atoms with Gasteiger partial charge >= 0.3 is 5.63 Å². The molecule has 1 amide bonds.